The van der Waals surface area contributed by atoms with Crippen molar-refractivity contribution in [3.05, 3.63) is 48.6 Å². The van der Waals surface area contributed by atoms with Crippen molar-refractivity contribution in [1.82, 2.24) is 0 Å². The number of hydrogen-bond acceptors (Lipinski definition) is 6. The van der Waals surface area contributed by atoms with Gasteiger partial charge in [0, 0.05) is 12.5 Å². The number of carbonyl (C=O) groups is 4. The minimum Gasteiger partial charge on any atom is -0.458 e. The molecular weight excluding hydrogens is 288 g/mol. The lowest BCUT2D eigenvalue weighted by Crippen LogP contribution is -2.56. The fourth-order valence-corrected chi connectivity index (χ4v) is 1.80. The molecule has 116 valence electrons. The third-order valence-corrected chi connectivity index (χ3v) is 2.77. The molecule has 1 atom stereocenters. The standard InChI is InChI=1S/C16H16O6/c1-4-10-21-15(20)16(11(2)17,22-12(3)18)14(19)13-8-6-5-7-9-13/h4-9H,1,10H2,2-3H3. The van der Waals surface area contributed by atoms with Crippen molar-refractivity contribution >= 4 is 23.5 Å². The first-order valence-electron chi connectivity index (χ1n) is 6.44. The molecule has 0 spiro atoms. The predicted octanol–water partition coefficient (Wildman–Crippen LogP) is 1.49. The highest BCUT2D eigenvalue weighted by atomic mass is 16.6. The average molecular weight is 304 g/mol. The Morgan fingerprint density at radius 2 is 1.73 bits per heavy atom. The zero-order valence-corrected chi connectivity index (χ0v) is 12.3. The Morgan fingerprint density at radius 1 is 1.14 bits per heavy atom. The summed E-state index contributed by atoms with van der Waals surface area (Å²) >= 11 is 0. The summed E-state index contributed by atoms with van der Waals surface area (Å²) in [6, 6.07) is 7.59. The van der Waals surface area contributed by atoms with Gasteiger partial charge in [-0.1, -0.05) is 43.0 Å². The van der Waals surface area contributed by atoms with Crippen molar-refractivity contribution < 1.29 is 28.7 Å². The van der Waals surface area contributed by atoms with Gasteiger partial charge in [0.05, 0.1) is 0 Å². The molecule has 0 aliphatic rings. The Hall–Kier alpha value is -2.76. The van der Waals surface area contributed by atoms with Crippen molar-refractivity contribution in [2.75, 3.05) is 6.61 Å². The summed E-state index contributed by atoms with van der Waals surface area (Å²) in [4.78, 5) is 48.2. The van der Waals surface area contributed by atoms with Crippen LogP contribution in [0.5, 0.6) is 0 Å². The van der Waals surface area contributed by atoms with E-state index in [9.17, 15) is 19.2 Å². The second-order valence-electron chi connectivity index (χ2n) is 4.41. The summed E-state index contributed by atoms with van der Waals surface area (Å²) in [6.07, 6.45) is 1.27. The fourth-order valence-electron chi connectivity index (χ4n) is 1.80. The summed E-state index contributed by atoms with van der Waals surface area (Å²) < 4.78 is 9.61. The highest BCUT2D eigenvalue weighted by Crippen LogP contribution is 2.22. The van der Waals surface area contributed by atoms with Crippen LogP contribution in [0.3, 0.4) is 0 Å². The number of rotatable bonds is 7. The Labute approximate surface area is 127 Å². The van der Waals surface area contributed by atoms with Crippen LogP contribution in [0.25, 0.3) is 0 Å². The van der Waals surface area contributed by atoms with E-state index in [1.165, 1.54) is 18.2 Å². The van der Waals surface area contributed by atoms with E-state index < -0.39 is 29.1 Å². The van der Waals surface area contributed by atoms with Gasteiger partial charge in [-0.05, 0) is 6.92 Å². The fraction of sp³-hybridized carbons (Fsp3) is 0.250. The number of hydrogen-bond donors (Lipinski definition) is 0. The molecule has 0 saturated heterocycles. The largest absolute Gasteiger partial charge is 0.458 e. The molecule has 22 heavy (non-hydrogen) atoms. The Kier molecular flexibility index (Phi) is 5.74. The number of ether oxygens (including phenoxy) is 2. The van der Waals surface area contributed by atoms with E-state index in [0.717, 1.165) is 13.8 Å². The molecule has 0 aliphatic heterocycles. The van der Waals surface area contributed by atoms with Gasteiger partial charge >= 0.3 is 17.5 Å². The van der Waals surface area contributed by atoms with Gasteiger partial charge in [0.25, 0.3) is 0 Å². The number of carbonyl (C=O) groups excluding carboxylic acids is 4. The predicted molar refractivity (Wildman–Crippen MR) is 77.1 cm³/mol. The molecule has 0 amide bonds. The lowest BCUT2D eigenvalue weighted by molar-refractivity contribution is -0.177. The Morgan fingerprint density at radius 3 is 2.18 bits per heavy atom. The van der Waals surface area contributed by atoms with E-state index in [1.54, 1.807) is 18.2 Å². The summed E-state index contributed by atoms with van der Waals surface area (Å²) in [6.45, 7) is 5.13. The van der Waals surface area contributed by atoms with Gasteiger partial charge in [-0.15, -0.1) is 0 Å². The minimum absolute atomic E-state index is 0.0505. The van der Waals surface area contributed by atoms with E-state index in [2.05, 4.69) is 6.58 Å². The summed E-state index contributed by atoms with van der Waals surface area (Å²) in [5, 5.41) is 0. The average Bonchev–Trinajstić information content (AvgIpc) is 2.49. The van der Waals surface area contributed by atoms with Crippen LogP contribution in [0.15, 0.2) is 43.0 Å². The lowest BCUT2D eigenvalue weighted by atomic mass is 9.89. The third-order valence-electron chi connectivity index (χ3n) is 2.77. The van der Waals surface area contributed by atoms with Crippen LogP contribution in [0, 0.1) is 0 Å². The molecule has 0 bridgehead atoms. The summed E-state index contributed by atoms with van der Waals surface area (Å²) in [5.74, 6) is -4.09. The molecule has 1 unspecified atom stereocenters. The topological polar surface area (TPSA) is 86.7 Å². The first kappa shape index (κ1) is 17.3. The minimum atomic E-state index is -2.64. The smallest absolute Gasteiger partial charge is 0.367 e. The second kappa shape index (κ2) is 7.31. The lowest BCUT2D eigenvalue weighted by Gasteiger charge is -2.26. The van der Waals surface area contributed by atoms with Crippen molar-refractivity contribution in [1.29, 1.82) is 0 Å². The quantitative estimate of drug-likeness (QED) is 0.328. The zero-order valence-electron chi connectivity index (χ0n) is 12.3. The van der Waals surface area contributed by atoms with E-state index in [-0.39, 0.29) is 12.2 Å². The van der Waals surface area contributed by atoms with Crippen LogP contribution >= 0.6 is 0 Å². The van der Waals surface area contributed by atoms with Crippen LogP contribution in [-0.4, -0.2) is 35.7 Å². The zero-order chi connectivity index (χ0) is 16.8. The summed E-state index contributed by atoms with van der Waals surface area (Å²) in [7, 11) is 0. The molecule has 6 heteroatoms. The molecule has 0 heterocycles. The van der Waals surface area contributed by atoms with Crippen molar-refractivity contribution in [3.63, 3.8) is 0 Å². The molecule has 0 aromatic heterocycles. The number of ketones is 2. The van der Waals surface area contributed by atoms with Crippen LogP contribution < -0.4 is 0 Å². The molecule has 1 aromatic rings. The highest BCUT2D eigenvalue weighted by Gasteiger charge is 2.55. The van der Waals surface area contributed by atoms with E-state index in [0.29, 0.717) is 0 Å². The van der Waals surface area contributed by atoms with Gasteiger partial charge in [0.15, 0.2) is 5.78 Å². The third kappa shape index (κ3) is 3.46. The van der Waals surface area contributed by atoms with E-state index in [1.807, 2.05) is 0 Å². The molecule has 1 rings (SSSR count). The van der Waals surface area contributed by atoms with Gasteiger partial charge in [-0.2, -0.15) is 0 Å². The molecule has 0 aliphatic carbocycles. The first-order valence-corrected chi connectivity index (χ1v) is 6.44. The monoisotopic (exact) mass is 304 g/mol. The Bertz CT molecular complexity index is 604. The highest BCUT2D eigenvalue weighted by molar-refractivity contribution is 6.31. The molecule has 0 fully saturated rings. The molecule has 6 nitrogen and oxygen atoms in total. The second-order valence-corrected chi connectivity index (χ2v) is 4.41. The van der Waals surface area contributed by atoms with Gasteiger partial charge in [-0.3, -0.25) is 14.4 Å². The molecular formula is C16H16O6. The van der Waals surface area contributed by atoms with Gasteiger partial charge in [0.1, 0.15) is 6.61 Å². The van der Waals surface area contributed by atoms with Gasteiger partial charge in [0.2, 0.25) is 5.78 Å². The molecule has 0 N–H and O–H groups in total. The normalized spacial score (nSPS) is 12.6. The maximum absolute atomic E-state index is 12.6. The van der Waals surface area contributed by atoms with Crippen molar-refractivity contribution in [3.8, 4) is 0 Å². The summed E-state index contributed by atoms with van der Waals surface area (Å²) in [5.41, 5.74) is -2.59. The number of benzene rings is 1. The number of Topliss-reactive ketones (excluding diaryl/α,β-unsaturated/α-hetero) is 2. The molecule has 0 radical (unpaired) electrons. The maximum Gasteiger partial charge on any atom is 0.367 e. The molecule has 0 saturated carbocycles. The SMILES string of the molecule is C=CCOC(=O)C(OC(C)=O)(C(C)=O)C(=O)c1ccccc1. The van der Waals surface area contributed by atoms with Crippen molar-refractivity contribution in [2.45, 2.75) is 19.4 Å². The van der Waals surface area contributed by atoms with Gasteiger partial charge in [-0.25, -0.2) is 4.79 Å². The van der Waals surface area contributed by atoms with Crippen molar-refractivity contribution in [2.24, 2.45) is 0 Å². The first-order chi connectivity index (χ1) is 10.4. The van der Waals surface area contributed by atoms with E-state index in [4.69, 9.17) is 9.47 Å². The Balaban J connectivity index is 3.38. The number of esters is 2. The molecule has 1 aromatic carbocycles. The van der Waals surface area contributed by atoms with Crippen LogP contribution in [0.1, 0.15) is 24.2 Å². The van der Waals surface area contributed by atoms with Crippen LogP contribution in [0.2, 0.25) is 0 Å². The van der Waals surface area contributed by atoms with Gasteiger partial charge < -0.3 is 9.47 Å². The maximum atomic E-state index is 12.6. The van der Waals surface area contributed by atoms with Crippen LogP contribution in [-0.2, 0) is 23.9 Å². The van der Waals surface area contributed by atoms with Crippen LogP contribution in [0.4, 0.5) is 0 Å². The van der Waals surface area contributed by atoms with E-state index >= 15 is 0 Å².